The summed E-state index contributed by atoms with van der Waals surface area (Å²) < 4.78 is 23.4. The van der Waals surface area contributed by atoms with E-state index in [0.717, 1.165) is 11.1 Å². The number of hydrogen-bond acceptors (Lipinski definition) is 7. The van der Waals surface area contributed by atoms with Crippen LogP contribution in [0.15, 0.2) is 18.2 Å². The molecule has 0 saturated heterocycles. The third-order valence-corrected chi connectivity index (χ3v) is 5.31. The summed E-state index contributed by atoms with van der Waals surface area (Å²) >= 11 is 5.92. The van der Waals surface area contributed by atoms with Crippen molar-refractivity contribution in [2.24, 2.45) is 5.73 Å². The van der Waals surface area contributed by atoms with Crippen molar-refractivity contribution >= 4 is 44.7 Å². The summed E-state index contributed by atoms with van der Waals surface area (Å²) in [4.78, 5) is 19.7. The normalized spacial score (nSPS) is 14.9. The number of benzene rings is 1. The van der Waals surface area contributed by atoms with Crippen LogP contribution in [0.3, 0.4) is 0 Å². The predicted molar refractivity (Wildman–Crippen MR) is 91.2 cm³/mol. The summed E-state index contributed by atoms with van der Waals surface area (Å²) in [5, 5.41) is 5.73. The van der Waals surface area contributed by atoms with Gasteiger partial charge in [0.1, 0.15) is 0 Å². The molecular weight excluding hydrogens is 354 g/mol. The number of primary amides is 1. The van der Waals surface area contributed by atoms with Crippen molar-refractivity contribution in [2.45, 2.75) is 11.5 Å². The number of nitrogens with two attached hydrogens (primary N) is 1. The van der Waals surface area contributed by atoms with Crippen molar-refractivity contribution in [1.29, 1.82) is 0 Å². The fraction of sp³-hybridized carbons (Fsp3) is 0.214. The second-order valence-corrected chi connectivity index (χ2v) is 7.74. The maximum Gasteiger partial charge on any atom is 0.271 e. The molecule has 3 rings (SSSR count). The van der Waals surface area contributed by atoms with Crippen molar-refractivity contribution in [2.75, 3.05) is 17.7 Å². The zero-order valence-electron chi connectivity index (χ0n) is 12.6. The average Bonchev–Trinajstić information content (AvgIpc) is 2.81. The quantitative estimate of drug-likeness (QED) is 0.746. The number of hydrogen-bond donors (Lipinski definition) is 3. The molecule has 4 N–H and O–H groups in total. The lowest BCUT2D eigenvalue weighted by atomic mass is 10.1. The monoisotopic (exact) mass is 367 g/mol. The van der Waals surface area contributed by atoms with Gasteiger partial charge in [-0.15, -0.1) is 0 Å². The first-order valence-corrected chi connectivity index (χ1v) is 9.13. The van der Waals surface area contributed by atoms with Gasteiger partial charge in [0.05, 0.1) is 11.5 Å². The summed E-state index contributed by atoms with van der Waals surface area (Å²) in [7, 11) is -1.48. The summed E-state index contributed by atoms with van der Waals surface area (Å²) in [5.41, 5.74) is 7.28. The van der Waals surface area contributed by atoms with Gasteiger partial charge in [0.25, 0.3) is 5.91 Å². The van der Waals surface area contributed by atoms with E-state index in [1.807, 2.05) is 0 Å². The Morgan fingerprint density at radius 2 is 1.92 bits per heavy atom. The number of halogens is 1. The third kappa shape index (κ3) is 3.13. The van der Waals surface area contributed by atoms with Crippen molar-refractivity contribution in [3.8, 4) is 0 Å². The molecule has 0 spiro atoms. The minimum Gasteiger partial charge on any atom is -0.371 e. The molecule has 24 heavy (non-hydrogen) atoms. The van der Waals surface area contributed by atoms with Gasteiger partial charge in [-0.2, -0.15) is 0 Å². The van der Waals surface area contributed by atoms with Crippen LogP contribution < -0.4 is 16.4 Å². The fourth-order valence-corrected chi connectivity index (χ4v) is 4.29. The third-order valence-electron chi connectivity index (χ3n) is 3.54. The van der Waals surface area contributed by atoms with Crippen molar-refractivity contribution in [3.05, 3.63) is 40.2 Å². The number of nitrogens with zero attached hydrogens (tertiary/aromatic N) is 2. The van der Waals surface area contributed by atoms with Gasteiger partial charge in [0, 0.05) is 12.7 Å². The Morgan fingerprint density at radius 1 is 1.21 bits per heavy atom. The van der Waals surface area contributed by atoms with Crippen LogP contribution >= 0.6 is 11.6 Å². The summed E-state index contributed by atoms with van der Waals surface area (Å²) in [6, 6.07) is 5.15. The molecule has 126 valence electrons. The standard InChI is InChI=1S/C14H14ClN5O3S/c1-17-14-11(15)19-10(12(16)21)13(20-14)18-9-3-2-7-5-24(22,23)6-8(7)4-9/h2-4H,5-6H2,1H3,(H2,16,21)(H2,17,18,20). The van der Waals surface area contributed by atoms with E-state index < -0.39 is 15.7 Å². The van der Waals surface area contributed by atoms with E-state index in [1.54, 1.807) is 25.2 Å². The Hall–Kier alpha value is -2.39. The molecular formula is C14H14ClN5O3S. The summed E-state index contributed by atoms with van der Waals surface area (Å²) in [6.07, 6.45) is 0. The van der Waals surface area contributed by atoms with Crippen molar-refractivity contribution < 1.29 is 13.2 Å². The molecule has 0 saturated carbocycles. The average molecular weight is 368 g/mol. The van der Waals surface area contributed by atoms with E-state index in [0.29, 0.717) is 5.69 Å². The fourth-order valence-electron chi connectivity index (χ4n) is 2.47. The van der Waals surface area contributed by atoms with Crippen LogP contribution in [0.1, 0.15) is 21.6 Å². The molecule has 1 aromatic heterocycles. The number of anilines is 3. The number of rotatable bonds is 4. The Bertz CT molecular complexity index is 946. The smallest absolute Gasteiger partial charge is 0.271 e. The highest BCUT2D eigenvalue weighted by molar-refractivity contribution is 7.90. The number of sulfone groups is 1. The van der Waals surface area contributed by atoms with E-state index in [9.17, 15) is 13.2 Å². The molecule has 1 aliphatic heterocycles. The molecule has 1 aliphatic rings. The van der Waals surface area contributed by atoms with Crippen LogP contribution in [-0.2, 0) is 21.3 Å². The lowest BCUT2D eigenvalue weighted by molar-refractivity contribution is 0.0996. The highest BCUT2D eigenvalue weighted by Gasteiger charge is 2.25. The summed E-state index contributed by atoms with van der Waals surface area (Å²) in [6.45, 7) is 0. The minimum atomic E-state index is -3.09. The molecule has 2 heterocycles. The van der Waals surface area contributed by atoms with Crippen molar-refractivity contribution in [3.63, 3.8) is 0 Å². The number of aromatic nitrogens is 2. The maximum absolute atomic E-state index is 11.7. The van der Waals surface area contributed by atoms with Gasteiger partial charge in [0.15, 0.2) is 32.3 Å². The summed E-state index contributed by atoms with van der Waals surface area (Å²) in [5.74, 6) is -0.322. The number of fused-ring (bicyclic) bond motifs is 1. The van der Waals surface area contributed by atoms with E-state index in [2.05, 4.69) is 20.6 Å². The number of amides is 1. The van der Waals surface area contributed by atoms with Crippen LogP contribution in [0.5, 0.6) is 0 Å². The molecule has 1 amide bonds. The van der Waals surface area contributed by atoms with Gasteiger partial charge in [-0.25, -0.2) is 18.4 Å². The molecule has 10 heteroatoms. The van der Waals surface area contributed by atoms with Gasteiger partial charge in [-0.05, 0) is 23.3 Å². The van der Waals surface area contributed by atoms with Gasteiger partial charge < -0.3 is 16.4 Å². The van der Waals surface area contributed by atoms with Crippen LogP contribution in [0.2, 0.25) is 5.15 Å². The molecule has 1 aromatic carbocycles. The SMILES string of the molecule is CNc1nc(Nc2ccc3c(c2)CS(=O)(=O)C3)c(C(N)=O)nc1Cl. The number of carbonyl (C=O) groups is 1. The molecule has 0 fully saturated rings. The first-order chi connectivity index (χ1) is 11.3. The number of carbonyl (C=O) groups excluding carboxylic acids is 1. The van der Waals surface area contributed by atoms with E-state index in [-0.39, 0.29) is 34.0 Å². The molecule has 0 unspecified atom stereocenters. The van der Waals surface area contributed by atoms with E-state index in [1.165, 1.54) is 0 Å². The molecule has 8 nitrogen and oxygen atoms in total. The van der Waals surface area contributed by atoms with Gasteiger partial charge in [-0.3, -0.25) is 4.79 Å². The maximum atomic E-state index is 11.7. The van der Waals surface area contributed by atoms with Crippen LogP contribution in [0, 0.1) is 0 Å². The Labute approximate surface area is 143 Å². The molecule has 0 bridgehead atoms. The second kappa shape index (κ2) is 5.91. The van der Waals surface area contributed by atoms with Crippen LogP contribution in [0.4, 0.5) is 17.3 Å². The second-order valence-electron chi connectivity index (χ2n) is 5.32. The first kappa shape index (κ1) is 16.5. The van der Waals surface area contributed by atoms with E-state index in [4.69, 9.17) is 17.3 Å². The van der Waals surface area contributed by atoms with Crippen LogP contribution in [-0.4, -0.2) is 31.3 Å². The zero-order chi connectivity index (χ0) is 17.5. The molecule has 0 aliphatic carbocycles. The van der Waals surface area contributed by atoms with Crippen LogP contribution in [0.25, 0.3) is 0 Å². The molecule has 2 aromatic rings. The Morgan fingerprint density at radius 3 is 2.58 bits per heavy atom. The lowest BCUT2D eigenvalue weighted by Gasteiger charge is -2.12. The van der Waals surface area contributed by atoms with Gasteiger partial charge >= 0.3 is 0 Å². The molecule has 0 atom stereocenters. The molecule has 0 radical (unpaired) electrons. The lowest BCUT2D eigenvalue weighted by Crippen LogP contribution is -2.17. The highest BCUT2D eigenvalue weighted by atomic mass is 35.5. The topological polar surface area (TPSA) is 127 Å². The number of nitrogens with one attached hydrogen (secondary N) is 2. The Balaban J connectivity index is 1.99. The first-order valence-electron chi connectivity index (χ1n) is 6.93. The highest BCUT2D eigenvalue weighted by Crippen LogP contribution is 2.30. The van der Waals surface area contributed by atoms with E-state index >= 15 is 0 Å². The Kier molecular flexibility index (Phi) is 4.06. The van der Waals surface area contributed by atoms with Gasteiger partial charge in [0.2, 0.25) is 0 Å². The predicted octanol–water partition coefficient (Wildman–Crippen LogP) is 1.44. The zero-order valence-corrected chi connectivity index (χ0v) is 14.2. The minimum absolute atomic E-state index is 0.00537. The van der Waals surface area contributed by atoms with Crippen molar-refractivity contribution in [1.82, 2.24) is 9.97 Å². The van der Waals surface area contributed by atoms with Gasteiger partial charge in [-0.1, -0.05) is 17.7 Å². The largest absolute Gasteiger partial charge is 0.371 e.